The molecule has 3 nitrogen and oxygen atoms in total. The number of ether oxygens (including phenoxy) is 1. The van der Waals surface area contributed by atoms with E-state index in [1.807, 2.05) is 42.5 Å². The SMILES string of the molecule is Brc1c2ccccc2cc2c(OCc3ccccc3)ncnc12. The average molecular weight is 365 g/mol. The molecule has 4 heteroatoms. The van der Waals surface area contributed by atoms with Crippen LogP contribution in [0, 0.1) is 0 Å². The van der Waals surface area contributed by atoms with Crippen LogP contribution < -0.4 is 4.74 Å². The number of hydrogen-bond donors (Lipinski definition) is 0. The molecule has 0 aliphatic carbocycles. The first-order valence-electron chi connectivity index (χ1n) is 7.31. The Labute approximate surface area is 142 Å². The molecule has 0 saturated heterocycles. The lowest BCUT2D eigenvalue weighted by Gasteiger charge is -2.10. The fraction of sp³-hybridized carbons (Fsp3) is 0.0526. The first-order chi connectivity index (χ1) is 11.3. The summed E-state index contributed by atoms with van der Waals surface area (Å²) < 4.78 is 6.91. The average Bonchev–Trinajstić information content (AvgIpc) is 2.61. The van der Waals surface area contributed by atoms with E-state index in [-0.39, 0.29) is 0 Å². The predicted octanol–water partition coefficient (Wildman–Crippen LogP) is 5.12. The Kier molecular flexibility index (Phi) is 3.67. The monoisotopic (exact) mass is 364 g/mol. The first kappa shape index (κ1) is 14.2. The van der Waals surface area contributed by atoms with Gasteiger partial charge in [-0.3, -0.25) is 0 Å². The van der Waals surface area contributed by atoms with Crippen LogP contribution in [0.2, 0.25) is 0 Å². The number of hydrogen-bond acceptors (Lipinski definition) is 3. The third-order valence-corrected chi connectivity index (χ3v) is 4.57. The van der Waals surface area contributed by atoms with E-state index >= 15 is 0 Å². The maximum absolute atomic E-state index is 5.94. The van der Waals surface area contributed by atoms with Crippen LogP contribution in [0.25, 0.3) is 21.7 Å². The summed E-state index contributed by atoms with van der Waals surface area (Å²) >= 11 is 3.67. The molecule has 0 spiro atoms. The van der Waals surface area contributed by atoms with E-state index in [0.29, 0.717) is 12.5 Å². The summed E-state index contributed by atoms with van der Waals surface area (Å²) in [5.41, 5.74) is 1.97. The molecule has 0 aliphatic heterocycles. The molecule has 0 saturated carbocycles. The van der Waals surface area contributed by atoms with Crippen LogP contribution in [0.4, 0.5) is 0 Å². The molecule has 1 heterocycles. The summed E-state index contributed by atoms with van der Waals surface area (Å²) in [5.74, 6) is 0.602. The summed E-state index contributed by atoms with van der Waals surface area (Å²) in [6.07, 6.45) is 1.54. The number of benzene rings is 3. The molecule has 0 N–H and O–H groups in total. The first-order valence-corrected chi connectivity index (χ1v) is 8.11. The quantitative estimate of drug-likeness (QED) is 0.473. The van der Waals surface area contributed by atoms with E-state index in [9.17, 15) is 0 Å². The number of aromatic nitrogens is 2. The summed E-state index contributed by atoms with van der Waals surface area (Å²) in [6.45, 7) is 0.484. The molecule has 112 valence electrons. The lowest BCUT2D eigenvalue weighted by Crippen LogP contribution is -1.99. The van der Waals surface area contributed by atoms with Crippen LogP contribution in [0.3, 0.4) is 0 Å². The van der Waals surface area contributed by atoms with Crippen LogP contribution in [-0.2, 0) is 6.61 Å². The van der Waals surface area contributed by atoms with Gasteiger partial charge in [0.1, 0.15) is 12.9 Å². The maximum atomic E-state index is 5.94. The third kappa shape index (κ3) is 2.66. The van der Waals surface area contributed by atoms with E-state index < -0.39 is 0 Å². The molecule has 0 unspecified atom stereocenters. The molecule has 1 aromatic heterocycles. The highest BCUT2D eigenvalue weighted by molar-refractivity contribution is 9.10. The van der Waals surface area contributed by atoms with Gasteiger partial charge in [-0.25, -0.2) is 9.97 Å². The van der Waals surface area contributed by atoms with E-state index in [1.54, 1.807) is 6.33 Å². The van der Waals surface area contributed by atoms with Crippen molar-refractivity contribution in [1.29, 1.82) is 0 Å². The molecule has 3 aromatic carbocycles. The van der Waals surface area contributed by atoms with Crippen molar-refractivity contribution in [3.8, 4) is 5.88 Å². The minimum Gasteiger partial charge on any atom is -0.472 e. The normalized spacial score (nSPS) is 11.0. The Bertz CT molecular complexity index is 986. The molecule has 0 aliphatic rings. The molecule has 0 radical (unpaired) electrons. The highest BCUT2D eigenvalue weighted by Crippen LogP contribution is 2.34. The summed E-state index contributed by atoms with van der Waals surface area (Å²) in [5, 5.41) is 3.17. The number of halogens is 1. The van der Waals surface area contributed by atoms with Crippen molar-refractivity contribution < 1.29 is 4.74 Å². The van der Waals surface area contributed by atoms with Gasteiger partial charge in [0.05, 0.1) is 15.4 Å². The van der Waals surface area contributed by atoms with Crippen molar-refractivity contribution in [3.05, 3.63) is 77.0 Å². The van der Waals surface area contributed by atoms with Gasteiger partial charge in [-0.1, -0.05) is 54.6 Å². The van der Waals surface area contributed by atoms with E-state index in [2.05, 4.69) is 44.1 Å². The van der Waals surface area contributed by atoms with Crippen molar-refractivity contribution in [3.63, 3.8) is 0 Å². The van der Waals surface area contributed by atoms with Gasteiger partial charge in [0.2, 0.25) is 5.88 Å². The van der Waals surface area contributed by atoms with Crippen LogP contribution in [-0.4, -0.2) is 9.97 Å². The number of nitrogens with zero attached hydrogens (tertiary/aromatic N) is 2. The van der Waals surface area contributed by atoms with Crippen molar-refractivity contribution in [2.24, 2.45) is 0 Å². The Morgan fingerprint density at radius 2 is 1.65 bits per heavy atom. The lowest BCUT2D eigenvalue weighted by molar-refractivity contribution is 0.297. The fourth-order valence-electron chi connectivity index (χ4n) is 2.63. The topological polar surface area (TPSA) is 35.0 Å². The molecular weight excluding hydrogens is 352 g/mol. The van der Waals surface area contributed by atoms with Crippen molar-refractivity contribution in [2.75, 3.05) is 0 Å². The highest BCUT2D eigenvalue weighted by atomic mass is 79.9. The zero-order valence-corrected chi connectivity index (χ0v) is 13.8. The second-order valence-electron chi connectivity index (χ2n) is 5.26. The summed E-state index contributed by atoms with van der Waals surface area (Å²) in [6, 6.07) is 20.3. The second-order valence-corrected chi connectivity index (χ2v) is 6.05. The predicted molar refractivity (Wildman–Crippen MR) is 95.5 cm³/mol. The molecule has 4 rings (SSSR count). The van der Waals surface area contributed by atoms with E-state index in [0.717, 1.165) is 31.7 Å². The van der Waals surface area contributed by atoms with Crippen molar-refractivity contribution in [2.45, 2.75) is 6.61 Å². The minimum atomic E-state index is 0.484. The third-order valence-electron chi connectivity index (χ3n) is 3.77. The summed E-state index contributed by atoms with van der Waals surface area (Å²) in [7, 11) is 0. The van der Waals surface area contributed by atoms with Crippen molar-refractivity contribution >= 4 is 37.6 Å². The van der Waals surface area contributed by atoms with Crippen LogP contribution in [0.5, 0.6) is 5.88 Å². The Hall–Kier alpha value is -2.46. The van der Waals surface area contributed by atoms with Gasteiger partial charge in [0, 0.05) is 0 Å². The van der Waals surface area contributed by atoms with Crippen LogP contribution in [0.1, 0.15) is 5.56 Å². The smallest absolute Gasteiger partial charge is 0.224 e. The largest absolute Gasteiger partial charge is 0.472 e. The zero-order chi connectivity index (χ0) is 15.6. The van der Waals surface area contributed by atoms with Crippen molar-refractivity contribution in [1.82, 2.24) is 9.97 Å². The molecule has 0 amide bonds. The Balaban J connectivity index is 1.81. The van der Waals surface area contributed by atoms with Gasteiger partial charge >= 0.3 is 0 Å². The maximum Gasteiger partial charge on any atom is 0.224 e. The fourth-order valence-corrected chi connectivity index (χ4v) is 3.31. The van der Waals surface area contributed by atoms with Gasteiger partial charge in [0.25, 0.3) is 0 Å². The molecule has 0 fully saturated rings. The van der Waals surface area contributed by atoms with E-state index in [4.69, 9.17) is 4.74 Å². The molecule has 0 bridgehead atoms. The number of fused-ring (bicyclic) bond motifs is 2. The minimum absolute atomic E-state index is 0.484. The van der Waals surface area contributed by atoms with Gasteiger partial charge in [-0.2, -0.15) is 0 Å². The Morgan fingerprint density at radius 3 is 2.52 bits per heavy atom. The molecule has 4 aromatic rings. The summed E-state index contributed by atoms with van der Waals surface area (Å²) in [4.78, 5) is 8.72. The molecule has 23 heavy (non-hydrogen) atoms. The molecule has 0 atom stereocenters. The van der Waals surface area contributed by atoms with Gasteiger partial charge in [-0.15, -0.1) is 0 Å². The lowest BCUT2D eigenvalue weighted by atomic mass is 10.1. The Morgan fingerprint density at radius 1 is 0.870 bits per heavy atom. The zero-order valence-electron chi connectivity index (χ0n) is 12.2. The second kappa shape index (κ2) is 5.97. The van der Waals surface area contributed by atoms with E-state index in [1.165, 1.54) is 0 Å². The van der Waals surface area contributed by atoms with Crippen LogP contribution >= 0.6 is 15.9 Å². The standard InChI is InChI=1S/C19H13BrN2O/c20-17-15-9-5-4-8-14(15)10-16-18(17)21-12-22-19(16)23-11-13-6-2-1-3-7-13/h1-10,12H,11H2. The van der Waals surface area contributed by atoms with Gasteiger partial charge < -0.3 is 4.74 Å². The van der Waals surface area contributed by atoms with Crippen LogP contribution in [0.15, 0.2) is 71.5 Å². The van der Waals surface area contributed by atoms with Gasteiger partial charge in [0.15, 0.2) is 0 Å². The molecular formula is C19H13BrN2O. The van der Waals surface area contributed by atoms with Gasteiger partial charge in [-0.05, 0) is 38.3 Å². The number of rotatable bonds is 3. The highest BCUT2D eigenvalue weighted by Gasteiger charge is 2.11.